The Kier molecular flexibility index (Phi) is 3.88. The number of pyridine rings is 1. The van der Waals surface area contributed by atoms with Gasteiger partial charge < -0.3 is 14.6 Å². The van der Waals surface area contributed by atoms with E-state index in [1.807, 2.05) is 19.2 Å². The van der Waals surface area contributed by atoms with Gasteiger partial charge in [0.15, 0.2) is 0 Å². The minimum atomic E-state index is 0.686. The van der Waals surface area contributed by atoms with Crippen LogP contribution in [0.25, 0.3) is 10.9 Å². The van der Waals surface area contributed by atoms with Gasteiger partial charge in [0.05, 0.1) is 13.7 Å². The minimum absolute atomic E-state index is 0.686. The van der Waals surface area contributed by atoms with Gasteiger partial charge in [-0.05, 0) is 42.3 Å². The van der Waals surface area contributed by atoms with Crippen LogP contribution in [0, 0.1) is 0 Å². The van der Waals surface area contributed by atoms with Crippen molar-refractivity contribution in [3.8, 4) is 5.88 Å². The largest absolute Gasteiger partial charge is 0.481 e. The average molecular weight is 281 g/mol. The number of hydrogen-bond acceptors (Lipinski definition) is 3. The van der Waals surface area contributed by atoms with Gasteiger partial charge in [0.25, 0.3) is 0 Å². The van der Waals surface area contributed by atoms with Crippen LogP contribution in [0.15, 0.2) is 48.8 Å². The molecule has 0 fully saturated rings. The Labute approximate surface area is 124 Å². The maximum atomic E-state index is 5.32. The summed E-state index contributed by atoms with van der Waals surface area (Å²) >= 11 is 0. The summed E-state index contributed by atoms with van der Waals surface area (Å²) in [6.45, 7) is 1.64. The lowest BCUT2D eigenvalue weighted by molar-refractivity contribution is 0.391. The molecule has 3 rings (SSSR count). The molecule has 0 aliphatic heterocycles. The molecule has 3 aromatic rings. The summed E-state index contributed by atoms with van der Waals surface area (Å²) in [6, 6.07) is 12.7. The fourth-order valence-corrected chi connectivity index (χ4v) is 2.61. The molecule has 0 saturated carbocycles. The summed E-state index contributed by atoms with van der Waals surface area (Å²) in [6.07, 6.45) is 3.86. The number of nitrogens with zero attached hydrogens (tertiary/aromatic N) is 2. The molecule has 108 valence electrons. The molecule has 2 heterocycles. The molecule has 4 heteroatoms. The second kappa shape index (κ2) is 5.97. The molecule has 2 aromatic heterocycles. The summed E-state index contributed by atoms with van der Waals surface area (Å²) in [5.74, 6) is 0.686. The van der Waals surface area contributed by atoms with Crippen molar-refractivity contribution in [2.45, 2.75) is 13.1 Å². The fraction of sp³-hybridized carbons (Fsp3) is 0.235. The van der Waals surface area contributed by atoms with Crippen LogP contribution >= 0.6 is 0 Å². The van der Waals surface area contributed by atoms with Crippen LogP contribution in [-0.2, 0) is 13.1 Å². The Balaban J connectivity index is 1.94. The lowest BCUT2D eigenvalue weighted by atomic mass is 10.1. The number of rotatable bonds is 5. The zero-order valence-electron chi connectivity index (χ0n) is 12.3. The van der Waals surface area contributed by atoms with Crippen LogP contribution in [0.1, 0.15) is 11.1 Å². The third kappa shape index (κ3) is 2.76. The van der Waals surface area contributed by atoms with Crippen molar-refractivity contribution in [1.29, 1.82) is 0 Å². The predicted molar refractivity (Wildman–Crippen MR) is 84.6 cm³/mol. The summed E-state index contributed by atoms with van der Waals surface area (Å²) in [5.41, 5.74) is 3.60. The first-order valence-electron chi connectivity index (χ1n) is 7.02. The highest BCUT2D eigenvalue weighted by molar-refractivity contribution is 5.81. The molecular weight excluding hydrogens is 262 g/mol. The smallest absolute Gasteiger partial charge is 0.218 e. The quantitative estimate of drug-likeness (QED) is 0.781. The number of hydrogen-bond donors (Lipinski definition) is 1. The second-order valence-electron chi connectivity index (χ2n) is 5.04. The van der Waals surface area contributed by atoms with Crippen LogP contribution in [0.4, 0.5) is 0 Å². The molecule has 21 heavy (non-hydrogen) atoms. The predicted octanol–water partition coefficient (Wildman–Crippen LogP) is 2.81. The lowest BCUT2D eigenvalue weighted by Crippen LogP contribution is -2.05. The maximum absolute atomic E-state index is 5.32. The molecule has 0 aliphatic rings. The first-order valence-corrected chi connectivity index (χ1v) is 7.02. The van der Waals surface area contributed by atoms with E-state index in [0.29, 0.717) is 5.88 Å². The normalized spacial score (nSPS) is 11.0. The molecular formula is C17H19N3O. The van der Waals surface area contributed by atoms with E-state index in [4.69, 9.17) is 4.74 Å². The first kappa shape index (κ1) is 13.6. The molecule has 0 atom stereocenters. The molecule has 0 amide bonds. The van der Waals surface area contributed by atoms with Gasteiger partial charge in [-0.1, -0.05) is 12.1 Å². The van der Waals surface area contributed by atoms with Gasteiger partial charge in [-0.25, -0.2) is 4.98 Å². The monoisotopic (exact) mass is 281 g/mol. The maximum Gasteiger partial charge on any atom is 0.218 e. The zero-order valence-corrected chi connectivity index (χ0v) is 12.3. The Morgan fingerprint density at radius 3 is 2.95 bits per heavy atom. The van der Waals surface area contributed by atoms with E-state index in [0.717, 1.165) is 18.7 Å². The van der Waals surface area contributed by atoms with Gasteiger partial charge in [0.2, 0.25) is 5.88 Å². The van der Waals surface area contributed by atoms with E-state index in [9.17, 15) is 0 Å². The van der Waals surface area contributed by atoms with Gasteiger partial charge >= 0.3 is 0 Å². The van der Waals surface area contributed by atoms with Crippen LogP contribution < -0.4 is 10.1 Å². The van der Waals surface area contributed by atoms with E-state index >= 15 is 0 Å². The van der Waals surface area contributed by atoms with E-state index in [1.54, 1.807) is 13.3 Å². The number of aromatic nitrogens is 2. The van der Waals surface area contributed by atoms with E-state index in [1.165, 1.54) is 16.5 Å². The summed E-state index contributed by atoms with van der Waals surface area (Å²) in [5, 5.41) is 4.43. The standard InChI is InChI=1S/C17H19N3O/c1-18-11-13-5-6-16-14(10-13)7-9-20(16)12-15-4-3-8-19-17(15)21-2/h3-10,18H,11-12H2,1-2H3. The van der Waals surface area contributed by atoms with Crippen molar-refractivity contribution in [1.82, 2.24) is 14.9 Å². The van der Waals surface area contributed by atoms with Crippen LogP contribution in [-0.4, -0.2) is 23.7 Å². The van der Waals surface area contributed by atoms with Gasteiger partial charge in [-0.15, -0.1) is 0 Å². The lowest BCUT2D eigenvalue weighted by Gasteiger charge is -2.09. The molecule has 1 N–H and O–H groups in total. The Morgan fingerprint density at radius 1 is 1.24 bits per heavy atom. The van der Waals surface area contributed by atoms with Crippen molar-refractivity contribution < 1.29 is 4.74 Å². The number of fused-ring (bicyclic) bond motifs is 1. The molecule has 0 saturated heterocycles. The summed E-state index contributed by atoms with van der Waals surface area (Å²) in [7, 11) is 3.62. The van der Waals surface area contributed by atoms with Crippen molar-refractivity contribution in [3.05, 3.63) is 59.9 Å². The molecule has 4 nitrogen and oxygen atoms in total. The highest BCUT2D eigenvalue weighted by Gasteiger charge is 2.07. The molecule has 0 aliphatic carbocycles. The second-order valence-corrected chi connectivity index (χ2v) is 5.04. The van der Waals surface area contributed by atoms with Crippen molar-refractivity contribution in [2.75, 3.05) is 14.2 Å². The van der Waals surface area contributed by atoms with Crippen molar-refractivity contribution in [3.63, 3.8) is 0 Å². The van der Waals surface area contributed by atoms with Gasteiger partial charge in [0, 0.05) is 30.0 Å². The summed E-state index contributed by atoms with van der Waals surface area (Å²) < 4.78 is 7.54. The molecule has 0 radical (unpaired) electrons. The van der Waals surface area contributed by atoms with Gasteiger partial charge in [0.1, 0.15) is 0 Å². The third-order valence-corrected chi connectivity index (χ3v) is 3.60. The highest BCUT2D eigenvalue weighted by atomic mass is 16.5. The minimum Gasteiger partial charge on any atom is -0.481 e. The van der Waals surface area contributed by atoms with E-state index in [-0.39, 0.29) is 0 Å². The van der Waals surface area contributed by atoms with E-state index < -0.39 is 0 Å². The SMILES string of the molecule is CNCc1ccc2c(ccn2Cc2cccnc2OC)c1. The molecule has 0 bridgehead atoms. The van der Waals surface area contributed by atoms with Gasteiger partial charge in [-0.2, -0.15) is 0 Å². The van der Waals surface area contributed by atoms with Crippen LogP contribution in [0.2, 0.25) is 0 Å². The number of methoxy groups -OCH3 is 1. The Hall–Kier alpha value is -2.33. The third-order valence-electron chi connectivity index (χ3n) is 3.60. The Morgan fingerprint density at radius 2 is 2.14 bits per heavy atom. The Bertz CT molecular complexity index is 749. The topological polar surface area (TPSA) is 39.1 Å². The van der Waals surface area contributed by atoms with Crippen LogP contribution in [0.5, 0.6) is 5.88 Å². The van der Waals surface area contributed by atoms with Gasteiger partial charge in [-0.3, -0.25) is 0 Å². The van der Waals surface area contributed by atoms with Crippen LogP contribution in [0.3, 0.4) is 0 Å². The first-order chi connectivity index (χ1) is 10.3. The number of benzene rings is 1. The molecule has 0 unspecified atom stereocenters. The zero-order chi connectivity index (χ0) is 14.7. The summed E-state index contributed by atoms with van der Waals surface area (Å²) in [4.78, 5) is 4.25. The number of nitrogens with one attached hydrogen (secondary N) is 1. The fourth-order valence-electron chi connectivity index (χ4n) is 2.61. The molecule has 0 spiro atoms. The number of ether oxygens (including phenoxy) is 1. The van der Waals surface area contributed by atoms with Crippen molar-refractivity contribution in [2.24, 2.45) is 0 Å². The van der Waals surface area contributed by atoms with Crippen molar-refractivity contribution >= 4 is 10.9 Å². The van der Waals surface area contributed by atoms with E-state index in [2.05, 4.69) is 45.3 Å². The highest BCUT2D eigenvalue weighted by Crippen LogP contribution is 2.21. The molecule has 1 aromatic carbocycles. The average Bonchev–Trinajstić information content (AvgIpc) is 2.91.